The van der Waals surface area contributed by atoms with Crippen molar-refractivity contribution < 1.29 is 28.1 Å². The first-order valence-corrected chi connectivity index (χ1v) is 41.9. The first kappa shape index (κ1) is 81.8. The van der Waals surface area contributed by atoms with E-state index in [1.54, 1.807) is 13.8 Å². The van der Waals surface area contributed by atoms with Crippen LogP contribution in [0.25, 0.3) is 0 Å². The van der Waals surface area contributed by atoms with Crippen molar-refractivity contribution >= 4 is 109 Å². The van der Waals surface area contributed by atoms with Crippen LogP contribution in [0.15, 0.2) is 158 Å². The molecule has 19 heteroatoms. The molecule has 2 N–H and O–H groups in total. The van der Waals surface area contributed by atoms with Crippen LogP contribution in [0, 0.1) is 0 Å². The molecule has 514 valence electrons. The van der Waals surface area contributed by atoms with Crippen LogP contribution < -0.4 is 10.6 Å². The zero-order valence-electron chi connectivity index (χ0n) is 55.7. The maximum absolute atomic E-state index is 10.1. The van der Waals surface area contributed by atoms with Gasteiger partial charge in [-0.25, -0.2) is 4.79 Å². The van der Waals surface area contributed by atoms with E-state index < -0.39 is 0 Å². The molecule has 0 spiro atoms. The van der Waals surface area contributed by atoms with Gasteiger partial charge in [0.25, 0.3) is 0 Å². The van der Waals surface area contributed by atoms with Gasteiger partial charge in [0.1, 0.15) is 5.33 Å². The first-order chi connectivity index (χ1) is 45.9. The Bertz CT molecular complexity index is 2990. The topological polar surface area (TPSA) is 102 Å². The van der Waals surface area contributed by atoms with Gasteiger partial charge in [-0.2, -0.15) is 0 Å². The van der Waals surface area contributed by atoms with Gasteiger partial charge >= 0.3 is 11.9 Å². The number of carbonyl (C=O) groups is 2. The third-order valence-corrected chi connectivity index (χ3v) is 20.6. The van der Waals surface area contributed by atoms with Gasteiger partial charge in [0.2, 0.25) is 0 Å². The SMILES string of the molecule is C=CC(=O)OCC.CCC(CC(CC(OPP)c1ccc(CCl)cc1)c1ccc(CCl)cc1)c1ccc(CN2CCCNCCN(Cc3ccc(C(CC(CC)c4ccc(CCl)cc4)CC(OPP)c4ccc(CCl)cc4)cc3)CCCNCC2)cc1.CCOC(=O)CBr. The van der Waals surface area contributed by atoms with E-state index in [2.05, 4.69) is 230 Å². The number of alkyl halides is 5. The first-order valence-electron chi connectivity index (χ1n) is 33.2. The standard InChI is InChI=1S/C66H88Cl4N4O2P4.C5H8O2.C4H7BrO2/c1-3-55(57-19-7-49(43-67)8-20-57)39-64(42-66(76-80-78)62-29-13-52(46-70)14-30-62)60-25-17-54(18-26-60)48-74-36-6-32-71-33-37-73(35-5-31-72-34-38-74)47-53-15-23-58(24-16-53)56(4-2)40-63(59-21-9-50(44-68)10-22-59)41-65(75-79-77)61-27-11-51(45-69)12-28-61;1-3-5(6)7-4-2;1-2-7-4(6)3-5/h7-30,55-56,63-66,71-72,79-80H,3-6,31-48,77-78H2,1-2H3;3H,1,4H2,2H3;2-3H2,1H3. The molecule has 1 aliphatic heterocycles. The molecule has 1 saturated heterocycles. The van der Waals surface area contributed by atoms with Crippen LogP contribution in [0.3, 0.4) is 0 Å². The quantitative estimate of drug-likeness (QED) is 0.0184. The number of benzene rings is 6. The Balaban J connectivity index is 0.00000103. The molecule has 0 bridgehead atoms. The van der Waals surface area contributed by atoms with Gasteiger partial charge in [-0.15, -0.1) is 46.4 Å². The summed E-state index contributed by atoms with van der Waals surface area (Å²) in [7, 11) is 6.22. The minimum absolute atomic E-state index is 0.00937. The lowest BCUT2D eigenvalue weighted by atomic mass is 9.80. The van der Waals surface area contributed by atoms with Crippen molar-refractivity contribution in [2.24, 2.45) is 0 Å². The van der Waals surface area contributed by atoms with E-state index in [1.165, 1.54) is 44.5 Å². The van der Waals surface area contributed by atoms with E-state index in [0.29, 0.717) is 82.7 Å². The van der Waals surface area contributed by atoms with E-state index in [0.717, 1.165) is 145 Å². The second-order valence-electron chi connectivity index (χ2n) is 23.6. The Labute approximate surface area is 600 Å². The van der Waals surface area contributed by atoms with E-state index in [-0.39, 0.29) is 24.1 Å². The summed E-state index contributed by atoms with van der Waals surface area (Å²) in [4.78, 5) is 25.5. The Morgan fingerprint density at radius 3 is 1.06 bits per heavy atom. The summed E-state index contributed by atoms with van der Waals surface area (Å²) in [6, 6.07) is 54.3. The summed E-state index contributed by atoms with van der Waals surface area (Å²) in [6.07, 6.45) is 9.39. The molecule has 1 fully saturated rings. The molecule has 0 aromatic heterocycles. The van der Waals surface area contributed by atoms with Gasteiger partial charge in [-0.05, 0) is 182 Å². The number of nitrogens with zero attached hydrogens (tertiary/aromatic N) is 2. The van der Waals surface area contributed by atoms with E-state index in [4.69, 9.17) is 55.5 Å². The predicted octanol–water partition coefficient (Wildman–Crippen LogP) is 20.0. The van der Waals surface area contributed by atoms with E-state index in [9.17, 15) is 9.59 Å². The molecule has 1 aliphatic rings. The van der Waals surface area contributed by atoms with Crippen molar-refractivity contribution in [3.8, 4) is 0 Å². The minimum atomic E-state index is -0.359. The van der Waals surface area contributed by atoms with Crippen molar-refractivity contribution in [3.05, 3.63) is 225 Å². The van der Waals surface area contributed by atoms with Crippen LogP contribution in [0.5, 0.6) is 0 Å². The number of hydrogen-bond acceptors (Lipinski definition) is 10. The normalized spacial score (nSPS) is 15.7. The average Bonchev–Trinajstić information content (AvgIpc) is 1.52. The van der Waals surface area contributed by atoms with Crippen LogP contribution in [-0.2, 0) is 64.7 Å². The fourth-order valence-electron chi connectivity index (χ4n) is 11.9. The highest BCUT2D eigenvalue weighted by Gasteiger charge is 2.27. The molecule has 7 rings (SSSR count). The highest BCUT2D eigenvalue weighted by molar-refractivity contribution is 9.09. The molecule has 0 amide bonds. The highest BCUT2D eigenvalue weighted by atomic mass is 79.9. The molecule has 1 heterocycles. The Hall–Kier alpha value is -2.88. The van der Waals surface area contributed by atoms with Gasteiger partial charge < -0.3 is 29.2 Å². The third kappa shape index (κ3) is 30.3. The summed E-state index contributed by atoms with van der Waals surface area (Å²) in [5.74, 6) is 2.98. The fourth-order valence-corrected chi connectivity index (χ4v) is 14.6. The van der Waals surface area contributed by atoms with Crippen LogP contribution >= 0.6 is 97.2 Å². The molecule has 10 unspecified atom stereocenters. The molecule has 10 atom stereocenters. The van der Waals surface area contributed by atoms with Crippen LogP contribution in [-0.4, -0.2) is 92.6 Å². The average molecular weight is 1500 g/mol. The minimum Gasteiger partial charge on any atom is -0.465 e. The molecule has 6 aromatic carbocycles. The number of halogens is 5. The smallest absolute Gasteiger partial charge is 0.330 e. The zero-order chi connectivity index (χ0) is 67.7. The largest absolute Gasteiger partial charge is 0.465 e. The lowest BCUT2D eigenvalue weighted by Crippen LogP contribution is -2.38. The van der Waals surface area contributed by atoms with Crippen LogP contribution in [0.4, 0.5) is 0 Å². The number of ether oxygens (including phenoxy) is 2. The molecule has 10 nitrogen and oxygen atoms in total. The van der Waals surface area contributed by atoms with Crippen LogP contribution in [0.1, 0.15) is 182 Å². The fraction of sp³-hybridized carbons (Fsp3) is 0.467. The van der Waals surface area contributed by atoms with Crippen molar-refractivity contribution in [1.82, 2.24) is 20.4 Å². The highest BCUT2D eigenvalue weighted by Crippen LogP contribution is 2.45. The van der Waals surface area contributed by atoms with Gasteiger partial charge in [0.15, 0.2) is 0 Å². The van der Waals surface area contributed by atoms with Crippen molar-refractivity contribution in [2.45, 2.75) is 152 Å². The second kappa shape index (κ2) is 48.8. The number of carbonyl (C=O) groups excluding carboxylic acids is 2. The molecule has 94 heavy (non-hydrogen) atoms. The lowest BCUT2D eigenvalue weighted by Gasteiger charge is -2.28. The molecule has 0 radical (unpaired) electrons. The number of esters is 2. The van der Waals surface area contributed by atoms with Crippen molar-refractivity contribution in [1.29, 1.82) is 0 Å². The van der Waals surface area contributed by atoms with Crippen LogP contribution in [0.2, 0.25) is 0 Å². The molecular weight excluding hydrogens is 1400 g/mol. The van der Waals surface area contributed by atoms with E-state index >= 15 is 0 Å². The third-order valence-electron chi connectivity index (χ3n) is 17.2. The summed E-state index contributed by atoms with van der Waals surface area (Å²) < 4.78 is 21.9. The zero-order valence-corrected chi connectivity index (χ0v) is 64.6. The lowest BCUT2D eigenvalue weighted by molar-refractivity contribution is -0.140. The van der Waals surface area contributed by atoms with Gasteiger partial charge in [0.05, 0.1) is 25.4 Å². The van der Waals surface area contributed by atoms with Crippen molar-refractivity contribution in [2.75, 3.05) is 70.9 Å². The maximum Gasteiger partial charge on any atom is 0.330 e. The second-order valence-corrected chi connectivity index (χ2v) is 27.6. The van der Waals surface area contributed by atoms with Gasteiger partial charge in [0, 0.05) is 85.9 Å². The van der Waals surface area contributed by atoms with Gasteiger partial charge in [-0.3, -0.25) is 14.6 Å². The van der Waals surface area contributed by atoms with Crippen molar-refractivity contribution in [3.63, 3.8) is 0 Å². The number of nitrogens with one attached hydrogen (secondary N) is 2. The monoisotopic (exact) mass is 1500 g/mol. The summed E-state index contributed by atoms with van der Waals surface area (Å²) in [5, 5.41) is 7.93. The van der Waals surface area contributed by atoms with E-state index in [1.807, 2.05) is 0 Å². The molecular formula is C75H103BrCl4N4O6P4. The molecule has 0 aliphatic carbocycles. The maximum atomic E-state index is 10.1. The summed E-state index contributed by atoms with van der Waals surface area (Å²) in [5.41, 5.74) is 15.2. The molecule has 0 saturated carbocycles. The number of hydrogen-bond donors (Lipinski definition) is 2. The Morgan fingerprint density at radius 2 is 0.798 bits per heavy atom. The summed E-state index contributed by atoms with van der Waals surface area (Å²) >= 11 is 27.7. The number of rotatable bonds is 32. The predicted molar refractivity (Wildman–Crippen MR) is 413 cm³/mol. The Kier molecular flexibility index (Phi) is 42.5. The van der Waals surface area contributed by atoms with Gasteiger partial charge in [-0.1, -0.05) is 200 Å². The summed E-state index contributed by atoms with van der Waals surface area (Å²) in [6.45, 7) is 22.3. The Morgan fingerprint density at radius 1 is 0.479 bits per heavy atom. The molecule has 6 aromatic rings.